The van der Waals surface area contributed by atoms with E-state index in [-0.39, 0.29) is 0 Å². The minimum Gasteiger partial charge on any atom is -0.478 e. The van der Waals surface area contributed by atoms with Crippen molar-refractivity contribution in [3.63, 3.8) is 0 Å². The molecule has 0 saturated carbocycles. The first kappa shape index (κ1) is 15.6. The lowest BCUT2D eigenvalue weighted by Gasteiger charge is -2.10. The van der Waals surface area contributed by atoms with Gasteiger partial charge in [-0.3, -0.25) is 0 Å². The highest BCUT2D eigenvalue weighted by Crippen LogP contribution is 2.24. The number of carboxylic acid groups (broad SMARTS) is 1. The lowest BCUT2D eigenvalue weighted by molar-refractivity contribution is 0.0698. The van der Waals surface area contributed by atoms with E-state index in [0.717, 1.165) is 29.2 Å². The van der Waals surface area contributed by atoms with Gasteiger partial charge in [0.25, 0.3) is 0 Å². The molecule has 0 radical (unpaired) electrons. The Hall–Kier alpha value is -1.83. The molecule has 112 valence electrons. The molecule has 1 N–H and O–H groups in total. The molecular formula is C19H24O2. The number of unbranched alkanes of at least 4 members (excludes halogenated alkanes) is 5. The maximum Gasteiger partial charge on any atom is 0.336 e. The molecule has 0 unspecified atom stereocenters. The van der Waals surface area contributed by atoms with Gasteiger partial charge in [-0.2, -0.15) is 0 Å². The lowest BCUT2D eigenvalue weighted by Crippen LogP contribution is -2.04. The molecule has 2 heteroatoms. The van der Waals surface area contributed by atoms with Crippen LogP contribution in [-0.2, 0) is 6.42 Å². The standard InChI is InChI=1S/C19H24O2/c1-2-3-4-5-6-7-11-16-14-13-15-10-8-9-12-17(15)18(16)19(20)21/h8-10,12-14H,2-7,11H2,1H3,(H,20,21). The second kappa shape index (κ2) is 7.82. The Bertz CT molecular complexity index is 602. The van der Waals surface area contributed by atoms with Gasteiger partial charge < -0.3 is 5.11 Å². The van der Waals surface area contributed by atoms with Crippen LogP contribution < -0.4 is 0 Å². The smallest absolute Gasteiger partial charge is 0.336 e. The van der Waals surface area contributed by atoms with Crippen molar-refractivity contribution in [3.05, 3.63) is 47.5 Å². The highest BCUT2D eigenvalue weighted by Gasteiger charge is 2.13. The fraction of sp³-hybridized carbons (Fsp3) is 0.421. The molecule has 2 aromatic carbocycles. The molecule has 0 aliphatic heterocycles. The van der Waals surface area contributed by atoms with Crippen molar-refractivity contribution in [2.45, 2.75) is 51.9 Å². The van der Waals surface area contributed by atoms with Gasteiger partial charge in [0.2, 0.25) is 0 Å². The van der Waals surface area contributed by atoms with E-state index in [1.807, 2.05) is 36.4 Å². The van der Waals surface area contributed by atoms with E-state index in [9.17, 15) is 9.90 Å². The first-order valence-corrected chi connectivity index (χ1v) is 7.98. The van der Waals surface area contributed by atoms with Crippen LogP contribution in [-0.4, -0.2) is 11.1 Å². The summed E-state index contributed by atoms with van der Waals surface area (Å²) in [5.41, 5.74) is 1.46. The largest absolute Gasteiger partial charge is 0.478 e. The van der Waals surface area contributed by atoms with Gasteiger partial charge in [-0.05, 0) is 29.2 Å². The second-order valence-corrected chi connectivity index (χ2v) is 5.64. The molecule has 2 rings (SSSR count). The molecular weight excluding hydrogens is 260 g/mol. The molecule has 0 aliphatic carbocycles. The maximum absolute atomic E-state index is 11.6. The van der Waals surface area contributed by atoms with Crippen molar-refractivity contribution < 1.29 is 9.90 Å². The van der Waals surface area contributed by atoms with Gasteiger partial charge in [0.15, 0.2) is 0 Å². The molecule has 0 bridgehead atoms. The molecule has 0 amide bonds. The van der Waals surface area contributed by atoms with Crippen molar-refractivity contribution in [2.75, 3.05) is 0 Å². The first-order valence-electron chi connectivity index (χ1n) is 7.98. The molecule has 0 heterocycles. The Morgan fingerprint density at radius 3 is 2.43 bits per heavy atom. The average Bonchev–Trinajstić information content (AvgIpc) is 2.50. The first-order chi connectivity index (χ1) is 10.2. The van der Waals surface area contributed by atoms with Crippen LogP contribution in [0.25, 0.3) is 10.8 Å². The minimum absolute atomic E-state index is 0.488. The van der Waals surface area contributed by atoms with Gasteiger partial charge in [-0.25, -0.2) is 4.79 Å². The third kappa shape index (κ3) is 4.07. The molecule has 21 heavy (non-hydrogen) atoms. The third-order valence-electron chi connectivity index (χ3n) is 4.03. The summed E-state index contributed by atoms with van der Waals surface area (Å²) in [6, 6.07) is 11.7. The number of carboxylic acids is 1. The third-order valence-corrected chi connectivity index (χ3v) is 4.03. The zero-order chi connectivity index (χ0) is 15.1. The van der Waals surface area contributed by atoms with E-state index < -0.39 is 5.97 Å². The van der Waals surface area contributed by atoms with Gasteiger partial charge in [0.05, 0.1) is 5.56 Å². The zero-order valence-corrected chi connectivity index (χ0v) is 12.8. The summed E-state index contributed by atoms with van der Waals surface area (Å²) in [6.45, 7) is 2.22. The monoisotopic (exact) mass is 284 g/mol. The zero-order valence-electron chi connectivity index (χ0n) is 12.8. The summed E-state index contributed by atoms with van der Waals surface area (Å²) in [6.07, 6.45) is 8.22. The van der Waals surface area contributed by atoms with Gasteiger partial charge in [0, 0.05) is 0 Å². The summed E-state index contributed by atoms with van der Waals surface area (Å²) in [5.74, 6) is -0.812. The molecule has 0 saturated heterocycles. The Balaban J connectivity index is 2.09. The normalized spacial score (nSPS) is 10.9. The number of hydrogen-bond donors (Lipinski definition) is 1. The van der Waals surface area contributed by atoms with E-state index in [0.29, 0.717) is 5.56 Å². The number of carbonyl (C=O) groups is 1. The number of benzene rings is 2. The van der Waals surface area contributed by atoms with Crippen molar-refractivity contribution in [1.82, 2.24) is 0 Å². The predicted molar refractivity (Wildman–Crippen MR) is 88.0 cm³/mol. The number of fused-ring (bicyclic) bond motifs is 1. The van der Waals surface area contributed by atoms with Gasteiger partial charge in [-0.15, -0.1) is 0 Å². The predicted octanol–water partition coefficient (Wildman–Crippen LogP) is 5.44. The van der Waals surface area contributed by atoms with Gasteiger partial charge >= 0.3 is 5.97 Å². The molecule has 2 aromatic rings. The van der Waals surface area contributed by atoms with Crippen molar-refractivity contribution in [3.8, 4) is 0 Å². The van der Waals surface area contributed by atoms with Crippen molar-refractivity contribution in [1.29, 1.82) is 0 Å². The van der Waals surface area contributed by atoms with Crippen LogP contribution in [0.15, 0.2) is 36.4 Å². The van der Waals surface area contributed by atoms with E-state index in [1.54, 1.807) is 0 Å². The topological polar surface area (TPSA) is 37.3 Å². The van der Waals surface area contributed by atoms with Crippen molar-refractivity contribution >= 4 is 16.7 Å². The molecule has 0 atom stereocenters. The highest BCUT2D eigenvalue weighted by atomic mass is 16.4. The summed E-state index contributed by atoms with van der Waals surface area (Å²) < 4.78 is 0. The van der Waals surface area contributed by atoms with Crippen LogP contribution in [0.2, 0.25) is 0 Å². The number of aromatic carboxylic acids is 1. The van der Waals surface area contributed by atoms with E-state index >= 15 is 0 Å². The van der Waals surface area contributed by atoms with Gasteiger partial charge in [0.1, 0.15) is 0 Å². The quantitative estimate of drug-likeness (QED) is 0.655. The Kier molecular flexibility index (Phi) is 5.79. The highest BCUT2D eigenvalue weighted by molar-refractivity contribution is 6.05. The van der Waals surface area contributed by atoms with E-state index in [1.165, 1.54) is 32.1 Å². The van der Waals surface area contributed by atoms with Crippen LogP contribution in [0.4, 0.5) is 0 Å². The summed E-state index contributed by atoms with van der Waals surface area (Å²) in [5, 5.41) is 11.4. The second-order valence-electron chi connectivity index (χ2n) is 5.64. The molecule has 0 spiro atoms. The number of aryl methyl sites for hydroxylation is 1. The maximum atomic E-state index is 11.6. The Morgan fingerprint density at radius 2 is 1.67 bits per heavy atom. The van der Waals surface area contributed by atoms with Crippen molar-refractivity contribution in [2.24, 2.45) is 0 Å². The summed E-state index contributed by atoms with van der Waals surface area (Å²) >= 11 is 0. The number of rotatable bonds is 8. The van der Waals surface area contributed by atoms with Crippen LogP contribution in [0, 0.1) is 0 Å². The molecule has 2 nitrogen and oxygen atoms in total. The fourth-order valence-electron chi connectivity index (χ4n) is 2.87. The minimum atomic E-state index is -0.812. The molecule has 0 fully saturated rings. The van der Waals surface area contributed by atoms with Crippen LogP contribution in [0.3, 0.4) is 0 Å². The Morgan fingerprint density at radius 1 is 0.952 bits per heavy atom. The van der Waals surface area contributed by atoms with E-state index in [4.69, 9.17) is 0 Å². The van der Waals surface area contributed by atoms with E-state index in [2.05, 4.69) is 6.92 Å². The van der Waals surface area contributed by atoms with Crippen LogP contribution in [0.5, 0.6) is 0 Å². The SMILES string of the molecule is CCCCCCCCc1ccc2ccccc2c1C(=O)O. The fourth-order valence-corrected chi connectivity index (χ4v) is 2.87. The van der Waals surface area contributed by atoms with Crippen LogP contribution in [0.1, 0.15) is 61.4 Å². The molecule has 0 aliphatic rings. The average molecular weight is 284 g/mol. The van der Waals surface area contributed by atoms with Gasteiger partial charge in [-0.1, -0.05) is 75.4 Å². The molecule has 0 aromatic heterocycles. The lowest BCUT2D eigenvalue weighted by atomic mass is 9.95. The summed E-state index contributed by atoms with van der Waals surface area (Å²) in [4.78, 5) is 11.6. The number of hydrogen-bond acceptors (Lipinski definition) is 1. The summed E-state index contributed by atoms with van der Waals surface area (Å²) in [7, 11) is 0. The Labute approximate surface area is 126 Å². The van der Waals surface area contributed by atoms with Crippen LogP contribution >= 0.6 is 0 Å².